The normalized spacial score (nSPS) is 34.9. The van der Waals surface area contributed by atoms with Crippen LogP contribution >= 0.6 is 0 Å². The molecule has 16 nitrogen and oxygen atoms in total. The summed E-state index contributed by atoms with van der Waals surface area (Å²) in [6, 6.07) is -1.41. The fourth-order valence-corrected chi connectivity index (χ4v) is 4.09. The van der Waals surface area contributed by atoms with E-state index >= 15 is 0 Å². The van der Waals surface area contributed by atoms with Gasteiger partial charge in [0.15, 0.2) is 30.9 Å². The standard InChI is InChI=1S/C22H33NO15/c1-8(25)23-15-18(16(30)13(6-24)36-21(15)31)38-22-20(35-12(5)29)19(34-11(4)28)17(33-10(3)27)14(37-22)7-32-9(2)26/h13-22,24,30-31H,6-7H2,1-5H3,(H,23,25)/t13-,14+,15+,16-,17+,18-,19+,20+,21+,22+/m1/s1. The lowest BCUT2D eigenvalue weighted by molar-refractivity contribution is -0.343. The zero-order valence-corrected chi connectivity index (χ0v) is 21.4. The molecule has 0 radical (unpaired) electrons. The molecule has 0 bridgehead atoms. The first-order valence-corrected chi connectivity index (χ1v) is 11.6. The number of nitrogens with one attached hydrogen (secondary N) is 1. The Morgan fingerprint density at radius 2 is 1.29 bits per heavy atom. The molecule has 0 aliphatic carbocycles. The molecule has 2 saturated heterocycles. The van der Waals surface area contributed by atoms with Gasteiger partial charge in [-0.15, -0.1) is 0 Å². The van der Waals surface area contributed by atoms with Crippen molar-refractivity contribution in [2.24, 2.45) is 0 Å². The van der Waals surface area contributed by atoms with Gasteiger partial charge >= 0.3 is 23.9 Å². The van der Waals surface area contributed by atoms with Gasteiger partial charge in [-0.3, -0.25) is 24.0 Å². The zero-order chi connectivity index (χ0) is 28.7. The Morgan fingerprint density at radius 3 is 1.79 bits per heavy atom. The summed E-state index contributed by atoms with van der Waals surface area (Å²) >= 11 is 0. The van der Waals surface area contributed by atoms with Crippen molar-refractivity contribution in [3.63, 3.8) is 0 Å². The van der Waals surface area contributed by atoms with E-state index in [4.69, 9.17) is 33.2 Å². The Labute approximate surface area is 217 Å². The van der Waals surface area contributed by atoms with Gasteiger partial charge in [0.1, 0.15) is 37.1 Å². The van der Waals surface area contributed by atoms with Crippen LogP contribution in [0.4, 0.5) is 0 Å². The maximum Gasteiger partial charge on any atom is 0.303 e. The van der Waals surface area contributed by atoms with Crippen molar-refractivity contribution in [3.05, 3.63) is 0 Å². The van der Waals surface area contributed by atoms with Gasteiger partial charge in [0.05, 0.1) is 6.61 Å². The number of aliphatic hydroxyl groups is 3. The van der Waals surface area contributed by atoms with Crippen molar-refractivity contribution in [1.29, 1.82) is 0 Å². The number of hydrogen-bond acceptors (Lipinski definition) is 15. The number of ether oxygens (including phenoxy) is 7. The average Bonchev–Trinajstić information content (AvgIpc) is 2.79. The van der Waals surface area contributed by atoms with Crippen LogP contribution in [0.15, 0.2) is 0 Å². The molecule has 1 amide bonds. The number of amides is 1. The van der Waals surface area contributed by atoms with E-state index in [1.165, 1.54) is 0 Å². The van der Waals surface area contributed by atoms with Crippen LogP contribution in [0.5, 0.6) is 0 Å². The van der Waals surface area contributed by atoms with E-state index in [0.29, 0.717) is 0 Å². The molecule has 0 spiro atoms. The molecule has 2 heterocycles. The second-order valence-electron chi connectivity index (χ2n) is 8.63. The molecular formula is C22H33NO15. The van der Waals surface area contributed by atoms with E-state index in [-0.39, 0.29) is 0 Å². The molecule has 2 rings (SSSR count). The van der Waals surface area contributed by atoms with Crippen LogP contribution in [0.1, 0.15) is 34.6 Å². The third-order valence-corrected chi connectivity index (χ3v) is 5.48. The van der Waals surface area contributed by atoms with Crippen LogP contribution in [0.3, 0.4) is 0 Å². The molecule has 2 aliphatic rings. The number of aliphatic hydroxyl groups excluding tert-OH is 3. The van der Waals surface area contributed by atoms with Gasteiger partial charge < -0.3 is 53.8 Å². The van der Waals surface area contributed by atoms with E-state index in [1.54, 1.807) is 0 Å². The summed E-state index contributed by atoms with van der Waals surface area (Å²) in [4.78, 5) is 59.0. The lowest BCUT2D eigenvalue weighted by Gasteiger charge is -2.48. The highest BCUT2D eigenvalue weighted by atomic mass is 16.7. The van der Waals surface area contributed by atoms with Crippen molar-refractivity contribution in [2.45, 2.75) is 96.0 Å². The molecule has 10 atom stereocenters. The topological polar surface area (TPSA) is 223 Å². The van der Waals surface area contributed by atoms with Gasteiger partial charge in [-0.1, -0.05) is 0 Å². The molecule has 0 aromatic carbocycles. The maximum atomic E-state index is 12.0. The minimum Gasteiger partial charge on any atom is -0.463 e. The van der Waals surface area contributed by atoms with E-state index < -0.39 is 104 Å². The van der Waals surface area contributed by atoms with Crippen molar-refractivity contribution in [3.8, 4) is 0 Å². The first kappa shape index (κ1) is 31.3. The molecule has 0 aromatic rings. The zero-order valence-electron chi connectivity index (χ0n) is 21.4. The van der Waals surface area contributed by atoms with Crippen LogP contribution in [0.25, 0.3) is 0 Å². The lowest BCUT2D eigenvalue weighted by atomic mass is 9.95. The summed E-state index contributed by atoms with van der Waals surface area (Å²) in [6.07, 6.45) is -14.0. The predicted molar refractivity (Wildman–Crippen MR) is 118 cm³/mol. The third kappa shape index (κ3) is 8.31. The Hall–Kier alpha value is -2.89. The first-order valence-electron chi connectivity index (χ1n) is 11.6. The average molecular weight is 551 g/mol. The summed E-state index contributed by atoms with van der Waals surface area (Å²) in [5.41, 5.74) is 0. The van der Waals surface area contributed by atoms with Crippen LogP contribution in [-0.4, -0.2) is 120 Å². The monoisotopic (exact) mass is 551 g/mol. The van der Waals surface area contributed by atoms with Crippen molar-refractivity contribution >= 4 is 29.8 Å². The predicted octanol–water partition coefficient (Wildman–Crippen LogP) is -2.97. The molecule has 0 saturated carbocycles. The van der Waals surface area contributed by atoms with Crippen LogP contribution < -0.4 is 5.32 Å². The number of rotatable bonds is 9. The van der Waals surface area contributed by atoms with Crippen molar-refractivity contribution in [2.75, 3.05) is 13.2 Å². The third-order valence-electron chi connectivity index (χ3n) is 5.48. The van der Waals surface area contributed by atoms with E-state index in [0.717, 1.165) is 34.6 Å². The molecule has 2 aliphatic heterocycles. The highest BCUT2D eigenvalue weighted by Gasteiger charge is 2.55. The van der Waals surface area contributed by atoms with Gasteiger partial charge in [0.25, 0.3) is 0 Å². The Bertz CT molecular complexity index is 881. The van der Waals surface area contributed by atoms with Crippen LogP contribution in [0.2, 0.25) is 0 Å². The van der Waals surface area contributed by atoms with Gasteiger partial charge in [-0.2, -0.15) is 0 Å². The molecule has 38 heavy (non-hydrogen) atoms. The Kier molecular flexibility index (Phi) is 11.4. The first-order chi connectivity index (χ1) is 17.7. The highest BCUT2D eigenvalue weighted by molar-refractivity contribution is 5.73. The van der Waals surface area contributed by atoms with Crippen molar-refractivity contribution < 1.29 is 72.5 Å². The second-order valence-corrected chi connectivity index (χ2v) is 8.63. The molecule has 4 N–H and O–H groups in total. The summed E-state index contributed by atoms with van der Waals surface area (Å²) < 4.78 is 37.7. The minimum atomic E-state index is -1.75. The molecule has 0 unspecified atom stereocenters. The summed E-state index contributed by atoms with van der Waals surface area (Å²) in [5, 5.41) is 33.1. The van der Waals surface area contributed by atoms with Gasteiger partial charge in [-0.25, -0.2) is 0 Å². The fraction of sp³-hybridized carbons (Fsp3) is 0.773. The highest BCUT2D eigenvalue weighted by Crippen LogP contribution is 2.33. The summed E-state index contributed by atoms with van der Waals surface area (Å²) in [7, 11) is 0. The van der Waals surface area contributed by atoms with Crippen LogP contribution in [-0.2, 0) is 57.1 Å². The second kappa shape index (κ2) is 13.8. The van der Waals surface area contributed by atoms with Gasteiger partial charge in [0, 0.05) is 34.6 Å². The number of esters is 4. The molecule has 16 heteroatoms. The summed E-state index contributed by atoms with van der Waals surface area (Å²) in [6.45, 7) is 4.10. The SMILES string of the molecule is CC(=O)N[C@H]1[C@@H](O[C@@H]2O[C@@H](COC(C)=O)[C@H](OC(C)=O)[C@H](OC(C)=O)[C@@H]2OC(C)=O)[C@H](O)[C@@H](CO)O[C@@H]1O. The number of hydrogen-bond donors (Lipinski definition) is 4. The minimum absolute atomic E-state index is 0.523. The Morgan fingerprint density at radius 1 is 0.737 bits per heavy atom. The lowest BCUT2D eigenvalue weighted by Crippen LogP contribution is -2.68. The van der Waals surface area contributed by atoms with Gasteiger partial charge in [-0.05, 0) is 0 Å². The molecular weight excluding hydrogens is 518 g/mol. The molecule has 2 fully saturated rings. The van der Waals surface area contributed by atoms with E-state index in [2.05, 4.69) is 5.32 Å². The Balaban J connectivity index is 2.54. The maximum absolute atomic E-state index is 12.0. The quantitative estimate of drug-likeness (QED) is 0.166. The largest absolute Gasteiger partial charge is 0.463 e. The smallest absolute Gasteiger partial charge is 0.303 e. The van der Waals surface area contributed by atoms with E-state index in [1.807, 2.05) is 0 Å². The fourth-order valence-electron chi connectivity index (χ4n) is 4.09. The van der Waals surface area contributed by atoms with Gasteiger partial charge in [0.2, 0.25) is 5.91 Å². The van der Waals surface area contributed by atoms with E-state index in [9.17, 15) is 39.3 Å². The van der Waals surface area contributed by atoms with Crippen molar-refractivity contribution in [1.82, 2.24) is 5.32 Å². The molecule has 216 valence electrons. The number of carbonyl (C=O) groups is 5. The molecule has 0 aromatic heterocycles. The van der Waals surface area contributed by atoms with Crippen LogP contribution in [0, 0.1) is 0 Å². The number of carbonyl (C=O) groups excluding carboxylic acids is 5. The summed E-state index contributed by atoms with van der Waals surface area (Å²) in [5.74, 6) is -3.94.